The van der Waals surface area contributed by atoms with Crippen molar-refractivity contribution in [3.8, 4) is 0 Å². The first-order valence-corrected chi connectivity index (χ1v) is 5.92. The van der Waals surface area contributed by atoms with E-state index in [0.717, 1.165) is 16.8 Å². The van der Waals surface area contributed by atoms with Gasteiger partial charge in [0, 0.05) is 17.5 Å². The SMILES string of the molecule is Cc1ccccc1C([O])OCc1cccnc1C. The van der Waals surface area contributed by atoms with Crippen LogP contribution in [0.1, 0.15) is 28.7 Å². The number of nitrogens with zero attached hydrogens (tertiary/aromatic N) is 1. The summed E-state index contributed by atoms with van der Waals surface area (Å²) >= 11 is 0. The monoisotopic (exact) mass is 242 g/mol. The Morgan fingerprint density at radius 1 is 1.17 bits per heavy atom. The predicted molar refractivity (Wildman–Crippen MR) is 68.4 cm³/mol. The highest BCUT2D eigenvalue weighted by atomic mass is 16.6. The summed E-state index contributed by atoms with van der Waals surface area (Å²) in [4.78, 5) is 4.17. The van der Waals surface area contributed by atoms with E-state index < -0.39 is 6.29 Å². The Morgan fingerprint density at radius 2 is 1.94 bits per heavy atom. The van der Waals surface area contributed by atoms with Crippen LogP contribution >= 0.6 is 0 Å². The minimum absolute atomic E-state index is 0.294. The summed E-state index contributed by atoms with van der Waals surface area (Å²) in [5.74, 6) is 0. The van der Waals surface area contributed by atoms with Crippen LogP contribution < -0.4 is 0 Å². The number of pyridine rings is 1. The number of hydrogen-bond donors (Lipinski definition) is 0. The Bertz CT molecular complexity index is 525. The fourth-order valence-electron chi connectivity index (χ4n) is 1.78. The summed E-state index contributed by atoms with van der Waals surface area (Å²) < 4.78 is 5.38. The lowest BCUT2D eigenvalue weighted by Crippen LogP contribution is -2.05. The molecule has 0 bridgehead atoms. The fraction of sp³-hybridized carbons (Fsp3) is 0.267. The molecule has 0 amide bonds. The molecule has 2 aromatic rings. The number of benzene rings is 1. The number of ether oxygens (including phenoxy) is 1. The van der Waals surface area contributed by atoms with Gasteiger partial charge < -0.3 is 4.74 Å². The zero-order valence-electron chi connectivity index (χ0n) is 10.6. The van der Waals surface area contributed by atoms with Crippen molar-refractivity contribution in [1.82, 2.24) is 4.98 Å². The number of rotatable bonds is 4. The van der Waals surface area contributed by atoms with Gasteiger partial charge in [0.05, 0.1) is 6.61 Å². The molecule has 1 aromatic carbocycles. The van der Waals surface area contributed by atoms with Gasteiger partial charge in [-0.1, -0.05) is 30.3 Å². The molecule has 0 saturated heterocycles. The van der Waals surface area contributed by atoms with Crippen LogP contribution in [0.4, 0.5) is 0 Å². The second-order valence-electron chi connectivity index (χ2n) is 4.25. The van der Waals surface area contributed by atoms with Crippen molar-refractivity contribution in [3.63, 3.8) is 0 Å². The first kappa shape index (κ1) is 12.7. The minimum atomic E-state index is -1.15. The molecule has 0 aliphatic heterocycles. The van der Waals surface area contributed by atoms with E-state index in [-0.39, 0.29) is 0 Å². The number of hydrogen-bond acceptors (Lipinski definition) is 2. The van der Waals surface area contributed by atoms with Gasteiger partial charge in [0.2, 0.25) is 6.29 Å². The highest BCUT2D eigenvalue weighted by Crippen LogP contribution is 2.20. The highest BCUT2D eigenvalue weighted by molar-refractivity contribution is 5.26. The van der Waals surface area contributed by atoms with Gasteiger partial charge in [-0.15, -0.1) is 0 Å². The number of aryl methyl sites for hydroxylation is 2. The van der Waals surface area contributed by atoms with E-state index in [9.17, 15) is 5.11 Å². The summed E-state index contributed by atoms with van der Waals surface area (Å²) in [5.41, 5.74) is 3.50. The second kappa shape index (κ2) is 5.76. The summed E-state index contributed by atoms with van der Waals surface area (Å²) in [6.07, 6.45) is 0.584. The first-order chi connectivity index (χ1) is 8.68. The molecule has 1 unspecified atom stereocenters. The van der Waals surface area contributed by atoms with Crippen molar-refractivity contribution in [3.05, 3.63) is 65.0 Å². The highest BCUT2D eigenvalue weighted by Gasteiger charge is 2.12. The van der Waals surface area contributed by atoms with E-state index in [4.69, 9.17) is 4.74 Å². The van der Waals surface area contributed by atoms with Crippen LogP contribution in [0.3, 0.4) is 0 Å². The molecular weight excluding hydrogens is 226 g/mol. The van der Waals surface area contributed by atoms with Gasteiger partial charge in [-0.3, -0.25) is 4.98 Å². The standard InChI is InChI=1S/C15H16NO2/c1-11-6-3-4-8-14(11)15(17)18-10-13-7-5-9-16-12(13)2/h3-9,15H,10H2,1-2H3. The molecule has 1 aromatic heterocycles. The largest absolute Gasteiger partial charge is 0.341 e. The van der Waals surface area contributed by atoms with E-state index in [1.807, 2.05) is 50.2 Å². The lowest BCUT2D eigenvalue weighted by atomic mass is 10.1. The van der Waals surface area contributed by atoms with Crippen molar-refractivity contribution >= 4 is 0 Å². The van der Waals surface area contributed by atoms with Gasteiger partial charge >= 0.3 is 0 Å². The molecule has 0 N–H and O–H groups in total. The van der Waals surface area contributed by atoms with Crippen LogP contribution in [0.25, 0.3) is 0 Å². The zero-order chi connectivity index (χ0) is 13.0. The molecule has 0 fully saturated rings. The van der Waals surface area contributed by atoms with E-state index in [1.165, 1.54) is 0 Å². The average Bonchev–Trinajstić information content (AvgIpc) is 2.38. The maximum Gasteiger partial charge on any atom is 0.218 e. The maximum atomic E-state index is 12.0. The fourth-order valence-corrected chi connectivity index (χ4v) is 1.78. The quantitative estimate of drug-likeness (QED) is 0.771. The van der Waals surface area contributed by atoms with Crippen molar-refractivity contribution in [2.75, 3.05) is 0 Å². The summed E-state index contributed by atoms with van der Waals surface area (Å²) in [5, 5.41) is 12.0. The molecule has 1 radical (unpaired) electrons. The van der Waals surface area contributed by atoms with Crippen molar-refractivity contribution in [2.24, 2.45) is 0 Å². The van der Waals surface area contributed by atoms with Crippen LogP contribution in [0.15, 0.2) is 42.6 Å². The molecule has 93 valence electrons. The molecule has 1 atom stereocenters. The summed E-state index contributed by atoms with van der Waals surface area (Å²) in [7, 11) is 0. The Balaban J connectivity index is 2.03. The molecule has 0 aliphatic carbocycles. The second-order valence-corrected chi connectivity index (χ2v) is 4.25. The Morgan fingerprint density at radius 3 is 2.67 bits per heavy atom. The predicted octanol–water partition coefficient (Wildman–Crippen LogP) is 3.34. The molecule has 18 heavy (non-hydrogen) atoms. The molecule has 3 nitrogen and oxygen atoms in total. The Kier molecular flexibility index (Phi) is 4.07. The zero-order valence-corrected chi connectivity index (χ0v) is 10.6. The average molecular weight is 242 g/mol. The van der Waals surface area contributed by atoms with Gasteiger partial charge in [-0.2, -0.15) is 5.11 Å². The molecule has 0 spiro atoms. The Labute approximate surface area is 107 Å². The maximum absolute atomic E-state index is 12.0. The lowest BCUT2D eigenvalue weighted by Gasteiger charge is -2.13. The first-order valence-electron chi connectivity index (χ1n) is 5.92. The molecule has 0 saturated carbocycles. The third-order valence-electron chi connectivity index (χ3n) is 2.95. The van der Waals surface area contributed by atoms with Gasteiger partial charge in [0.1, 0.15) is 0 Å². The normalized spacial score (nSPS) is 12.4. The van der Waals surface area contributed by atoms with Crippen molar-refractivity contribution in [2.45, 2.75) is 26.7 Å². The molecular formula is C15H16NO2. The smallest absolute Gasteiger partial charge is 0.218 e. The van der Waals surface area contributed by atoms with E-state index >= 15 is 0 Å². The number of aromatic nitrogens is 1. The van der Waals surface area contributed by atoms with Crippen LogP contribution in [0, 0.1) is 13.8 Å². The topological polar surface area (TPSA) is 42.0 Å². The van der Waals surface area contributed by atoms with Crippen LogP contribution in [-0.2, 0) is 16.5 Å². The molecule has 2 rings (SSSR count). The lowest BCUT2D eigenvalue weighted by molar-refractivity contribution is -0.152. The van der Waals surface area contributed by atoms with Gasteiger partial charge in [-0.05, 0) is 31.0 Å². The van der Waals surface area contributed by atoms with Gasteiger partial charge in [0.15, 0.2) is 0 Å². The van der Waals surface area contributed by atoms with E-state index in [1.54, 1.807) is 6.20 Å². The van der Waals surface area contributed by atoms with E-state index in [0.29, 0.717) is 12.2 Å². The van der Waals surface area contributed by atoms with Gasteiger partial charge in [-0.25, -0.2) is 0 Å². The summed E-state index contributed by atoms with van der Waals surface area (Å²) in [6.45, 7) is 4.12. The molecule has 3 heteroatoms. The van der Waals surface area contributed by atoms with Crippen molar-refractivity contribution < 1.29 is 9.84 Å². The molecule has 1 heterocycles. The van der Waals surface area contributed by atoms with Crippen LogP contribution in [-0.4, -0.2) is 4.98 Å². The van der Waals surface area contributed by atoms with Gasteiger partial charge in [0.25, 0.3) is 0 Å². The van der Waals surface area contributed by atoms with E-state index in [2.05, 4.69) is 4.98 Å². The minimum Gasteiger partial charge on any atom is -0.341 e. The van der Waals surface area contributed by atoms with Crippen molar-refractivity contribution in [1.29, 1.82) is 0 Å². The summed E-state index contributed by atoms with van der Waals surface area (Å²) in [6, 6.07) is 11.3. The van der Waals surface area contributed by atoms with Crippen LogP contribution in [0.2, 0.25) is 0 Å². The third kappa shape index (κ3) is 2.94. The third-order valence-corrected chi connectivity index (χ3v) is 2.95. The Hall–Kier alpha value is -1.71. The molecule has 0 aliphatic rings. The van der Waals surface area contributed by atoms with Crippen LogP contribution in [0.5, 0.6) is 0 Å².